The number of rotatable bonds is 16. The van der Waals surface area contributed by atoms with E-state index in [2.05, 4.69) is 17.9 Å². The molecule has 2 aromatic rings. The fourth-order valence-electron chi connectivity index (χ4n) is 2.63. The number of hydrogen-bond acceptors (Lipinski definition) is 6. The Balaban J connectivity index is 0.000000610. The molecule has 0 saturated carbocycles. The summed E-state index contributed by atoms with van der Waals surface area (Å²) >= 11 is 5.46. The molecule has 0 aliphatic heterocycles. The second-order valence-electron chi connectivity index (χ2n) is 7.74. The summed E-state index contributed by atoms with van der Waals surface area (Å²) in [6.45, 7) is 8.77. The van der Waals surface area contributed by atoms with Gasteiger partial charge in [0.2, 0.25) is 0 Å². The van der Waals surface area contributed by atoms with Gasteiger partial charge >= 0.3 is 11.9 Å². The van der Waals surface area contributed by atoms with Crippen LogP contribution in [-0.4, -0.2) is 56.0 Å². The van der Waals surface area contributed by atoms with Crippen molar-refractivity contribution in [3.8, 4) is 0 Å². The second kappa shape index (κ2) is 27.6. The molecule has 6 nitrogen and oxygen atoms in total. The minimum Gasteiger partial charge on any atom is -0.463 e. The number of aliphatic hydroxyl groups excluding tert-OH is 1. The van der Waals surface area contributed by atoms with Gasteiger partial charge in [-0.3, -0.25) is 0 Å². The van der Waals surface area contributed by atoms with Crippen molar-refractivity contribution in [1.82, 2.24) is 0 Å². The van der Waals surface area contributed by atoms with Crippen molar-refractivity contribution in [2.45, 2.75) is 25.7 Å². The maximum absolute atomic E-state index is 10.7. The topological polar surface area (TPSA) is 82.1 Å². The van der Waals surface area contributed by atoms with Gasteiger partial charge in [0.25, 0.3) is 0 Å². The molecular formula is C32H41ClO6. The Hall–Kier alpha value is -3.45. The quantitative estimate of drug-likeness (QED) is 0.108. The maximum Gasteiger partial charge on any atom is 0.330 e. The number of ether oxygens (including phenoxy) is 3. The van der Waals surface area contributed by atoms with Gasteiger partial charge in [0.1, 0.15) is 0 Å². The van der Waals surface area contributed by atoms with E-state index in [1.54, 1.807) is 0 Å². The van der Waals surface area contributed by atoms with Gasteiger partial charge < -0.3 is 19.3 Å². The van der Waals surface area contributed by atoms with Crippen LogP contribution < -0.4 is 0 Å². The van der Waals surface area contributed by atoms with Gasteiger partial charge in [-0.05, 0) is 36.8 Å². The molecule has 0 radical (unpaired) electrons. The lowest BCUT2D eigenvalue weighted by molar-refractivity contribution is -0.138. The molecular weight excluding hydrogens is 516 g/mol. The molecule has 1 N–H and O–H groups in total. The number of allylic oxidation sites excluding steroid dienone is 1. The lowest BCUT2D eigenvalue weighted by Crippen LogP contribution is -2.03. The van der Waals surface area contributed by atoms with Gasteiger partial charge in [0.15, 0.2) is 0 Å². The molecule has 0 aliphatic rings. The van der Waals surface area contributed by atoms with Crippen LogP contribution in [0.3, 0.4) is 0 Å². The molecule has 39 heavy (non-hydrogen) atoms. The molecule has 0 bridgehead atoms. The van der Waals surface area contributed by atoms with Crippen LogP contribution in [-0.2, 0) is 23.8 Å². The molecule has 0 atom stereocenters. The van der Waals surface area contributed by atoms with E-state index < -0.39 is 5.97 Å². The molecule has 0 amide bonds. The first-order valence-electron chi connectivity index (χ1n) is 12.8. The lowest BCUT2D eigenvalue weighted by Gasteiger charge is -2.02. The van der Waals surface area contributed by atoms with E-state index in [1.807, 2.05) is 85.0 Å². The summed E-state index contributed by atoms with van der Waals surface area (Å²) in [6.07, 6.45) is 13.3. The first-order chi connectivity index (χ1) is 19.1. The van der Waals surface area contributed by atoms with Crippen molar-refractivity contribution < 1.29 is 28.9 Å². The predicted molar refractivity (Wildman–Crippen MR) is 160 cm³/mol. The summed E-state index contributed by atoms with van der Waals surface area (Å²) in [7, 11) is 0. The number of alkyl halides is 1. The average Bonchev–Trinajstić information content (AvgIpc) is 2.98. The van der Waals surface area contributed by atoms with Crippen LogP contribution >= 0.6 is 11.6 Å². The molecule has 0 aliphatic carbocycles. The third-order valence-electron chi connectivity index (χ3n) is 4.58. The number of carbonyl (C=O) groups excluding carboxylic acids is 2. The normalized spacial score (nSPS) is 10.1. The van der Waals surface area contributed by atoms with E-state index in [0.717, 1.165) is 18.9 Å². The van der Waals surface area contributed by atoms with Gasteiger partial charge in [-0.25, -0.2) is 9.59 Å². The summed E-state index contributed by atoms with van der Waals surface area (Å²) in [4.78, 5) is 21.1. The largest absolute Gasteiger partial charge is 0.463 e. The number of benzene rings is 2. The Kier molecular flexibility index (Phi) is 25.1. The van der Waals surface area contributed by atoms with Crippen molar-refractivity contribution in [1.29, 1.82) is 0 Å². The van der Waals surface area contributed by atoms with Crippen molar-refractivity contribution in [3.63, 3.8) is 0 Å². The average molecular weight is 557 g/mol. The van der Waals surface area contributed by atoms with E-state index in [1.165, 1.54) is 17.2 Å². The maximum atomic E-state index is 10.7. The Morgan fingerprint density at radius 2 is 1.18 bits per heavy atom. The van der Waals surface area contributed by atoms with Crippen LogP contribution in [0, 0.1) is 0 Å². The van der Waals surface area contributed by atoms with Gasteiger partial charge in [-0.2, -0.15) is 0 Å². The molecule has 0 spiro atoms. The van der Waals surface area contributed by atoms with Crippen molar-refractivity contribution in [2.24, 2.45) is 0 Å². The molecule has 0 saturated heterocycles. The van der Waals surface area contributed by atoms with Crippen LogP contribution in [0.2, 0.25) is 0 Å². The molecule has 0 fully saturated rings. The predicted octanol–water partition coefficient (Wildman–Crippen LogP) is 6.65. The summed E-state index contributed by atoms with van der Waals surface area (Å²) in [6, 6.07) is 20.2. The molecule has 2 rings (SSSR count). The van der Waals surface area contributed by atoms with E-state index in [-0.39, 0.29) is 12.6 Å². The minimum atomic E-state index is -0.405. The summed E-state index contributed by atoms with van der Waals surface area (Å²) in [5.41, 5.74) is 2.37. The zero-order valence-electron chi connectivity index (χ0n) is 22.6. The molecule has 7 heteroatoms. The van der Waals surface area contributed by atoms with Gasteiger partial charge in [-0.1, -0.05) is 98.1 Å². The number of esters is 2. The SMILES string of the molecule is C=CC(=O)OCCCCO.C=CC(=O)OCCCCOC/C=C/c1ccccc1.ClC/C=C/c1ccccc1. The van der Waals surface area contributed by atoms with E-state index >= 15 is 0 Å². The first kappa shape index (κ1) is 35.5. The van der Waals surface area contributed by atoms with Gasteiger partial charge in [0, 0.05) is 31.2 Å². The molecule has 0 aromatic heterocycles. The van der Waals surface area contributed by atoms with E-state index in [0.29, 0.717) is 45.1 Å². The third kappa shape index (κ3) is 24.6. The Labute approximate surface area is 238 Å². The summed E-state index contributed by atoms with van der Waals surface area (Å²) < 4.78 is 14.9. The van der Waals surface area contributed by atoms with Gasteiger partial charge in [0.05, 0.1) is 19.8 Å². The molecule has 212 valence electrons. The fourth-order valence-corrected chi connectivity index (χ4v) is 2.72. The van der Waals surface area contributed by atoms with E-state index in [9.17, 15) is 9.59 Å². The summed E-state index contributed by atoms with van der Waals surface area (Å²) in [5.74, 6) is -0.195. The Morgan fingerprint density at radius 3 is 1.64 bits per heavy atom. The lowest BCUT2D eigenvalue weighted by atomic mass is 10.2. The van der Waals surface area contributed by atoms with Crippen LogP contribution in [0.5, 0.6) is 0 Å². The number of carbonyl (C=O) groups is 2. The highest BCUT2D eigenvalue weighted by Crippen LogP contribution is 2.01. The molecule has 0 heterocycles. The highest BCUT2D eigenvalue weighted by molar-refractivity contribution is 6.19. The second-order valence-corrected chi connectivity index (χ2v) is 8.04. The van der Waals surface area contributed by atoms with Crippen LogP contribution in [0.1, 0.15) is 36.8 Å². The molecule has 2 aromatic carbocycles. The van der Waals surface area contributed by atoms with E-state index in [4.69, 9.17) is 26.2 Å². The third-order valence-corrected chi connectivity index (χ3v) is 4.76. The zero-order chi connectivity index (χ0) is 28.8. The van der Waals surface area contributed by atoms with Crippen LogP contribution in [0.15, 0.2) is 98.1 Å². The van der Waals surface area contributed by atoms with Crippen molar-refractivity contribution in [3.05, 3.63) is 109 Å². The highest BCUT2D eigenvalue weighted by Gasteiger charge is 1.95. The smallest absolute Gasteiger partial charge is 0.330 e. The Morgan fingerprint density at radius 1 is 0.718 bits per heavy atom. The standard InChI is InChI=1S/C16H20O3.C9H9Cl.C7H12O3/c1-2-16(17)19-14-7-6-12-18-13-8-11-15-9-4-3-5-10-15;10-8-4-7-9-5-2-1-3-6-9;1-2-7(9)10-6-4-3-5-8/h2-5,8-11H,1,6-7,12-14H2;1-7H,8H2;2,8H,1,3-6H2/b11-8+;7-4+;. The van der Waals surface area contributed by atoms with Crippen LogP contribution in [0.4, 0.5) is 0 Å². The Bertz CT molecular complexity index is 942. The fraction of sp³-hybridized carbons (Fsp3) is 0.312. The number of aliphatic hydroxyl groups is 1. The van der Waals surface area contributed by atoms with Crippen molar-refractivity contribution in [2.75, 3.05) is 38.9 Å². The van der Waals surface area contributed by atoms with Crippen LogP contribution in [0.25, 0.3) is 12.2 Å². The minimum absolute atomic E-state index is 0.144. The molecule has 0 unspecified atom stereocenters. The first-order valence-corrected chi connectivity index (χ1v) is 13.4. The number of hydrogen-bond donors (Lipinski definition) is 1. The summed E-state index contributed by atoms with van der Waals surface area (Å²) in [5, 5.41) is 8.33. The zero-order valence-corrected chi connectivity index (χ0v) is 23.3. The van der Waals surface area contributed by atoms with Gasteiger partial charge in [-0.15, -0.1) is 11.6 Å². The monoisotopic (exact) mass is 556 g/mol. The highest BCUT2D eigenvalue weighted by atomic mass is 35.5. The number of unbranched alkanes of at least 4 members (excludes halogenated alkanes) is 2. The number of halogens is 1. The van der Waals surface area contributed by atoms with Crippen molar-refractivity contribution >= 4 is 35.7 Å².